The lowest BCUT2D eigenvalue weighted by Gasteiger charge is -2.18. The minimum absolute atomic E-state index is 0.228. The lowest BCUT2D eigenvalue weighted by Crippen LogP contribution is -2.45. The van der Waals surface area contributed by atoms with Crippen molar-refractivity contribution < 1.29 is 9.32 Å². The smallest absolute Gasteiger partial charge is 0.273 e. The molecule has 2 rings (SSSR count). The van der Waals surface area contributed by atoms with E-state index in [0.29, 0.717) is 18.2 Å². The number of aromatic nitrogens is 1. The largest absolute Gasteiger partial charge is 0.360 e. The maximum atomic E-state index is 11.7. The van der Waals surface area contributed by atoms with Crippen LogP contribution >= 0.6 is 0 Å². The van der Waals surface area contributed by atoms with E-state index in [1.165, 1.54) is 0 Å². The van der Waals surface area contributed by atoms with Crippen LogP contribution in [0, 0.1) is 0 Å². The summed E-state index contributed by atoms with van der Waals surface area (Å²) in [5, 5.41) is 6.48. The van der Waals surface area contributed by atoms with E-state index in [0.717, 1.165) is 18.6 Å². The molecule has 1 aromatic heterocycles. The average molecular weight is 223 g/mol. The number of carbonyl (C=O) groups is 1. The van der Waals surface area contributed by atoms with Crippen LogP contribution in [0.1, 0.15) is 48.9 Å². The van der Waals surface area contributed by atoms with Crippen LogP contribution < -0.4 is 11.1 Å². The predicted octanol–water partition coefficient (Wildman–Crippen LogP) is 1.02. The number of hydrogen-bond donors (Lipinski definition) is 2. The number of carbonyl (C=O) groups excluding carboxylic acids is 1. The van der Waals surface area contributed by atoms with Gasteiger partial charge in [0.25, 0.3) is 5.91 Å². The summed E-state index contributed by atoms with van der Waals surface area (Å²) in [6.45, 7) is 4.12. The van der Waals surface area contributed by atoms with Crippen LogP contribution in [0.5, 0.6) is 0 Å². The fourth-order valence-electron chi connectivity index (χ4n) is 1.36. The molecule has 1 aliphatic carbocycles. The second kappa shape index (κ2) is 3.90. The third kappa shape index (κ3) is 2.82. The topological polar surface area (TPSA) is 81.1 Å². The van der Waals surface area contributed by atoms with Crippen LogP contribution in [-0.4, -0.2) is 23.1 Å². The molecule has 1 aromatic rings. The van der Waals surface area contributed by atoms with Gasteiger partial charge in [-0.1, -0.05) is 5.16 Å². The SMILES string of the molecule is CC(C)(N)CNC(=O)c1cc(C2CC2)on1. The maximum absolute atomic E-state index is 11.7. The number of nitrogens with zero attached hydrogens (tertiary/aromatic N) is 1. The molecule has 5 nitrogen and oxygen atoms in total. The van der Waals surface area contributed by atoms with Gasteiger partial charge >= 0.3 is 0 Å². The van der Waals surface area contributed by atoms with E-state index < -0.39 is 5.54 Å². The molecular weight excluding hydrogens is 206 g/mol. The highest BCUT2D eigenvalue weighted by Crippen LogP contribution is 2.40. The van der Waals surface area contributed by atoms with Crippen molar-refractivity contribution in [3.05, 3.63) is 17.5 Å². The summed E-state index contributed by atoms with van der Waals surface area (Å²) in [7, 11) is 0. The van der Waals surface area contributed by atoms with E-state index in [4.69, 9.17) is 10.3 Å². The van der Waals surface area contributed by atoms with Crippen LogP contribution in [0.15, 0.2) is 10.6 Å². The molecule has 1 heterocycles. The normalized spacial score (nSPS) is 16.2. The fraction of sp³-hybridized carbons (Fsp3) is 0.636. The first kappa shape index (κ1) is 11.1. The standard InChI is InChI=1S/C11H17N3O2/c1-11(2,12)6-13-10(15)8-5-9(16-14-8)7-3-4-7/h5,7H,3-4,6,12H2,1-2H3,(H,13,15). The molecule has 0 aliphatic heterocycles. The van der Waals surface area contributed by atoms with E-state index in [-0.39, 0.29) is 5.91 Å². The van der Waals surface area contributed by atoms with Crippen molar-refractivity contribution in [2.75, 3.05) is 6.54 Å². The number of nitrogens with one attached hydrogen (secondary N) is 1. The molecule has 0 saturated heterocycles. The first-order valence-corrected chi connectivity index (χ1v) is 5.49. The van der Waals surface area contributed by atoms with Gasteiger partial charge in [0, 0.05) is 24.1 Å². The molecule has 0 unspecified atom stereocenters. The fourth-order valence-corrected chi connectivity index (χ4v) is 1.36. The van der Waals surface area contributed by atoms with Gasteiger partial charge in [0.05, 0.1) is 0 Å². The summed E-state index contributed by atoms with van der Waals surface area (Å²) >= 11 is 0. The highest BCUT2D eigenvalue weighted by Gasteiger charge is 2.29. The van der Waals surface area contributed by atoms with Gasteiger partial charge in [-0.3, -0.25) is 4.79 Å². The van der Waals surface area contributed by atoms with Crippen molar-refractivity contribution in [1.82, 2.24) is 10.5 Å². The summed E-state index contributed by atoms with van der Waals surface area (Å²) in [6.07, 6.45) is 2.26. The molecule has 3 N–H and O–H groups in total. The Morgan fingerprint density at radius 1 is 1.69 bits per heavy atom. The lowest BCUT2D eigenvalue weighted by molar-refractivity contribution is 0.0937. The summed E-state index contributed by atoms with van der Waals surface area (Å²) in [4.78, 5) is 11.7. The van der Waals surface area contributed by atoms with Gasteiger partial charge in [0.1, 0.15) is 5.76 Å². The van der Waals surface area contributed by atoms with Crippen molar-refractivity contribution in [2.24, 2.45) is 5.73 Å². The van der Waals surface area contributed by atoms with E-state index in [1.54, 1.807) is 6.07 Å². The minimum Gasteiger partial charge on any atom is -0.360 e. The van der Waals surface area contributed by atoms with Crippen molar-refractivity contribution >= 4 is 5.91 Å². The Kier molecular flexibility index (Phi) is 2.71. The van der Waals surface area contributed by atoms with Crippen LogP contribution in [0.4, 0.5) is 0 Å². The first-order valence-electron chi connectivity index (χ1n) is 5.49. The van der Waals surface area contributed by atoms with Crippen molar-refractivity contribution in [3.8, 4) is 0 Å². The monoisotopic (exact) mass is 223 g/mol. The van der Waals surface area contributed by atoms with E-state index in [2.05, 4.69) is 10.5 Å². The van der Waals surface area contributed by atoms with Gasteiger partial charge in [-0.15, -0.1) is 0 Å². The van der Waals surface area contributed by atoms with Crippen LogP contribution in [0.25, 0.3) is 0 Å². The Labute approximate surface area is 94.4 Å². The summed E-state index contributed by atoms with van der Waals surface area (Å²) in [5.74, 6) is 1.06. The van der Waals surface area contributed by atoms with Gasteiger partial charge in [-0.25, -0.2) is 0 Å². The summed E-state index contributed by atoms with van der Waals surface area (Å²) < 4.78 is 5.10. The molecular formula is C11H17N3O2. The zero-order chi connectivity index (χ0) is 11.8. The molecule has 0 atom stereocenters. The molecule has 0 aromatic carbocycles. The zero-order valence-electron chi connectivity index (χ0n) is 9.62. The van der Waals surface area contributed by atoms with Crippen molar-refractivity contribution in [1.29, 1.82) is 0 Å². The molecule has 5 heteroatoms. The maximum Gasteiger partial charge on any atom is 0.273 e. The molecule has 88 valence electrons. The molecule has 1 fully saturated rings. The summed E-state index contributed by atoms with van der Waals surface area (Å²) in [6, 6.07) is 1.72. The highest BCUT2D eigenvalue weighted by molar-refractivity contribution is 5.92. The van der Waals surface area contributed by atoms with Crippen LogP contribution in [0.2, 0.25) is 0 Å². The lowest BCUT2D eigenvalue weighted by atomic mass is 10.1. The third-order valence-electron chi connectivity index (χ3n) is 2.45. The van der Waals surface area contributed by atoms with Gasteiger partial charge < -0.3 is 15.6 Å². The third-order valence-corrected chi connectivity index (χ3v) is 2.45. The predicted molar refractivity (Wildman–Crippen MR) is 59.1 cm³/mol. The molecule has 0 bridgehead atoms. The average Bonchev–Trinajstić information content (AvgIpc) is 2.92. The molecule has 16 heavy (non-hydrogen) atoms. The quantitative estimate of drug-likeness (QED) is 0.798. The minimum atomic E-state index is -0.418. The van der Waals surface area contributed by atoms with Gasteiger partial charge in [-0.05, 0) is 26.7 Å². The molecule has 1 amide bonds. The van der Waals surface area contributed by atoms with Crippen molar-refractivity contribution in [3.63, 3.8) is 0 Å². The Bertz CT molecular complexity index is 388. The summed E-state index contributed by atoms with van der Waals surface area (Å²) in [5.41, 5.74) is 5.69. The second-order valence-electron chi connectivity index (χ2n) is 5.06. The Hall–Kier alpha value is -1.36. The van der Waals surface area contributed by atoms with Crippen LogP contribution in [0.3, 0.4) is 0 Å². The van der Waals surface area contributed by atoms with Gasteiger partial charge in [-0.2, -0.15) is 0 Å². The first-order chi connectivity index (χ1) is 7.46. The van der Waals surface area contributed by atoms with E-state index in [9.17, 15) is 4.79 Å². The zero-order valence-corrected chi connectivity index (χ0v) is 9.62. The van der Waals surface area contributed by atoms with E-state index >= 15 is 0 Å². The van der Waals surface area contributed by atoms with Crippen LogP contribution in [-0.2, 0) is 0 Å². The Morgan fingerprint density at radius 3 is 2.94 bits per heavy atom. The number of rotatable bonds is 4. The molecule has 0 radical (unpaired) electrons. The Balaban J connectivity index is 1.92. The molecule has 1 aliphatic rings. The van der Waals surface area contributed by atoms with E-state index in [1.807, 2.05) is 13.8 Å². The number of nitrogens with two attached hydrogens (primary N) is 1. The second-order valence-corrected chi connectivity index (χ2v) is 5.06. The number of amides is 1. The van der Waals surface area contributed by atoms with Gasteiger partial charge in [0.15, 0.2) is 5.69 Å². The van der Waals surface area contributed by atoms with Crippen molar-refractivity contribution in [2.45, 2.75) is 38.1 Å². The Morgan fingerprint density at radius 2 is 2.38 bits per heavy atom. The molecule has 0 spiro atoms. The highest BCUT2D eigenvalue weighted by atomic mass is 16.5. The number of hydrogen-bond acceptors (Lipinski definition) is 4. The van der Waals surface area contributed by atoms with Gasteiger partial charge in [0.2, 0.25) is 0 Å². The molecule has 1 saturated carbocycles.